The summed E-state index contributed by atoms with van der Waals surface area (Å²) in [5.41, 5.74) is 5.95. The number of anilines is 1. The molecule has 0 radical (unpaired) electrons. The van der Waals surface area contributed by atoms with Gasteiger partial charge in [-0.25, -0.2) is 4.39 Å². The lowest BCUT2D eigenvalue weighted by Crippen LogP contribution is -2.50. The Morgan fingerprint density at radius 3 is 2.15 bits per heavy atom. The van der Waals surface area contributed by atoms with Crippen molar-refractivity contribution in [3.05, 3.63) is 23.8 Å². The zero-order valence-corrected chi connectivity index (χ0v) is 11.3. The molecule has 1 aromatic rings. The first-order valence-electron chi connectivity index (χ1n) is 7.52. The smallest absolute Gasteiger partial charge is 0.202 e. The molecule has 4 aliphatic rings. The minimum Gasteiger partial charge on any atom is -0.484 e. The van der Waals surface area contributed by atoms with Gasteiger partial charge >= 0.3 is 0 Å². The third-order valence-corrected chi connectivity index (χ3v) is 5.47. The van der Waals surface area contributed by atoms with Crippen molar-refractivity contribution in [3.8, 4) is 5.75 Å². The number of benzene rings is 1. The molecule has 4 bridgehead atoms. The molecule has 5 rings (SSSR count). The van der Waals surface area contributed by atoms with Crippen molar-refractivity contribution < 1.29 is 13.5 Å². The van der Waals surface area contributed by atoms with Gasteiger partial charge in [0.15, 0.2) is 11.6 Å². The highest BCUT2D eigenvalue weighted by molar-refractivity contribution is 5.53. The van der Waals surface area contributed by atoms with E-state index in [-0.39, 0.29) is 17.5 Å². The minimum absolute atomic E-state index is 0.0152. The zero-order chi connectivity index (χ0) is 13.9. The van der Waals surface area contributed by atoms with Gasteiger partial charge in [0.05, 0.1) is 5.69 Å². The molecule has 0 amide bonds. The van der Waals surface area contributed by atoms with Crippen LogP contribution in [0.3, 0.4) is 0 Å². The van der Waals surface area contributed by atoms with E-state index in [4.69, 9.17) is 10.5 Å². The molecule has 0 unspecified atom stereocenters. The lowest BCUT2D eigenvalue weighted by Gasteiger charge is -2.53. The van der Waals surface area contributed by atoms with E-state index in [1.165, 1.54) is 38.2 Å². The van der Waals surface area contributed by atoms with Crippen LogP contribution in [-0.2, 0) is 0 Å². The first-order valence-corrected chi connectivity index (χ1v) is 7.52. The van der Waals surface area contributed by atoms with Crippen LogP contribution in [0.25, 0.3) is 0 Å². The average Bonchev–Trinajstić information content (AvgIpc) is 2.41. The zero-order valence-electron chi connectivity index (χ0n) is 11.3. The lowest BCUT2D eigenvalue weighted by molar-refractivity contribution is -0.0799. The van der Waals surface area contributed by atoms with Crippen molar-refractivity contribution in [1.82, 2.24) is 0 Å². The SMILES string of the molecule is Nc1ccc(F)c(F)c1OC1C2CC3CC(C2)CC1C3. The fourth-order valence-corrected chi connectivity index (χ4v) is 4.87. The fourth-order valence-electron chi connectivity index (χ4n) is 4.87. The normalized spacial score (nSPS) is 38.2. The van der Waals surface area contributed by atoms with Gasteiger partial charge in [0.2, 0.25) is 5.82 Å². The van der Waals surface area contributed by atoms with Crippen LogP contribution in [0.15, 0.2) is 12.1 Å². The first-order chi connectivity index (χ1) is 9.61. The average molecular weight is 279 g/mol. The second-order valence-electron chi connectivity index (χ2n) is 6.79. The molecule has 0 spiro atoms. The molecule has 0 saturated heterocycles. The highest BCUT2D eigenvalue weighted by atomic mass is 19.2. The van der Waals surface area contributed by atoms with Gasteiger partial charge in [-0.05, 0) is 67.9 Å². The highest BCUT2D eigenvalue weighted by Crippen LogP contribution is 2.55. The van der Waals surface area contributed by atoms with Crippen molar-refractivity contribution in [1.29, 1.82) is 0 Å². The number of rotatable bonds is 2. The van der Waals surface area contributed by atoms with Crippen molar-refractivity contribution >= 4 is 5.69 Å². The van der Waals surface area contributed by atoms with Crippen molar-refractivity contribution in [3.63, 3.8) is 0 Å². The molecular formula is C16H19F2NO. The fraction of sp³-hybridized carbons (Fsp3) is 0.625. The van der Waals surface area contributed by atoms with Crippen LogP contribution in [0, 0.1) is 35.3 Å². The highest BCUT2D eigenvalue weighted by Gasteiger charge is 2.49. The molecule has 4 fully saturated rings. The van der Waals surface area contributed by atoms with E-state index in [0.29, 0.717) is 11.8 Å². The van der Waals surface area contributed by atoms with Crippen LogP contribution in [0.1, 0.15) is 32.1 Å². The molecule has 0 heterocycles. The Morgan fingerprint density at radius 1 is 0.950 bits per heavy atom. The molecule has 2 nitrogen and oxygen atoms in total. The third kappa shape index (κ3) is 1.80. The molecule has 1 aromatic carbocycles. The first kappa shape index (κ1) is 12.4. The summed E-state index contributed by atoms with van der Waals surface area (Å²) in [5, 5.41) is 0. The summed E-state index contributed by atoms with van der Waals surface area (Å²) in [6.45, 7) is 0. The van der Waals surface area contributed by atoms with E-state index in [1.54, 1.807) is 0 Å². The third-order valence-electron chi connectivity index (χ3n) is 5.47. The van der Waals surface area contributed by atoms with Gasteiger partial charge in [-0.15, -0.1) is 0 Å². The van der Waals surface area contributed by atoms with Gasteiger partial charge < -0.3 is 10.5 Å². The summed E-state index contributed by atoms with van der Waals surface area (Å²) in [6.07, 6.45) is 6.07. The molecule has 2 N–H and O–H groups in total. The number of ether oxygens (including phenoxy) is 1. The maximum atomic E-state index is 13.9. The molecule has 4 saturated carbocycles. The summed E-state index contributed by atoms with van der Waals surface area (Å²) in [4.78, 5) is 0. The van der Waals surface area contributed by atoms with Crippen LogP contribution >= 0.6 is 0 Å². The topological polar surface area (TPSA) is 35.2 Å². The van der Waals surface area contributed by atoms with Gasteiger partial charge in [-0.1, -0.05) is 0 Å². The summed E-state index contributed by atoms with van der Waals surface area (Å²) in [7, 11) is 0. The number of nitrogen functional groups attached to an aromatic ring is 1. The Morgan fingerprint density at radius 2 is 1.55 bits per heavy atom. The summed E-state index contributed by atoms with van der Waals surface area (Å²) >= 11 is 0. The molecule has 0 aromatic heterocycles. The number of nitrogens with two attached hydrogens (primary N) is 1. The predicted molar refractivity (Wildman–Crippen MR) is 72.2 cm³/mol. The second kappa shape index (κ2) is 4.34. The molecule has 0 atom stereocenters. The number of halogens is 2. The predicted octanol–water partition coefficient (Wildman–Crippen LogP) is 3.75. The van der Waals surface area contributed by atoms with Gasteiger partial charge in [0.1, 0.15) is 6.10 Å². The quantitative estimate of drug-likeness (QED) is 0.837. The molecule has 20 heavy (non-hydrogen) atoms. The maximum Gasteiger partial charge on any atom is 0.202 e. The number of hydrogen-bond acceptors (Lipinski definition) is 2. The van der Waals surface area contributed by atoms with Crippen molar-refractivity contribution in [2.75, 3.05) is 5.73 Å². The Bertz CT molecular complexity index is 518. The maximum absolute atomic E-state index is 13.9. The Hall–Kier alpha value is -1.32. The van der Waals surface area contributed by atoms with E-state index < -0.39 is 11.6 Å². The van der Waals surface area contributed by atoms with E-state index in [1.807, 2.05) is 0 Å². The Balaban J connectivity index is 1.62. The lowest BCUT2D eigenvalue weighted by atomic mass is 9.55. The summed E-state index contributed by atoms with van der Waals surface area (Å²) in [6, 6.07) is 2.43. The summed E-state index contributed by atoms with van der Waals surface area (Å²) < 4.78 is 33.2. The standard InChI is InChI=1S/C16H19F2NO/c17-12-1-2-13(19)16(14(12)18)20-15-10-4-8-3-9(6-10)7-11(15)5-8/h1-2,8-11,15H,3-7,19H2. The largest absolute Gasteiger partial charge is 0.484 e. The van der Waals surface area contributed by atoms with Crippen LogP contribution in [0.4, 0.5) is 14.5 Å². The minimum atomic E-state index is -0.946. The van der Waals surface area contributed by atoms with Gasteiger partial charge in [-0.2, -0.15) is 4.39 Å². The van der Waals surface area contributed by atoms with Crippen molar-refractivity contribution in [2.24, 2.45) is 23.7 Å². The molecule has 0 aliphatic heterocycles. The van der Waals surface area contributed by atoms with E-state index in [0.717, 1.165) is 17.9 Å². The van der Waals surface area contributed by atoms with Crippen molar-refractivity contribution in [2.45, 2.75) is 38.2 Å². The van der Waals surface area contributed by atoms with Crippen LogP contribution in [0.2, 0.25) is 0 Å². The monoisotopic (exact) mass is 279 g/mol. The van der Waals surface area contributed by atoms with Gasteiger partial charge in [0.25, 0.3) is 0 Å². The number of hydrogen-bond donors (Lipinski definition) is 1. The van der Waals surface area contributed by atoms with Crippen LogP contribution in [0.5, 0.6) is 5.75 Å². The molecule has 4 heteroatoms. The van der Waals surface area contributed by atoms with Crippen LogP contribution in [-0.4, -0.2) is 6.10 Å². The second-order valence-corrected chi connectivity index (χ2v) is 6.79. The molecule has 4 aliphatic carbocycles. The van der Waals surface area contributed by atoms with E-state index in [9.17, 15) is 8.78 Å². The van der Waals surface area contributed by atoms with Crippen LogP contribution < -0.4 is 10.5 Å². The summed E-state index contributed by atoms with van der Waals surface area (Å²) in [5.74, 6) is 0.722. The van der Waals surface area contributed by atoms with E-state index >= 15 is 0 Å². The van der Waals surface area contributed by atoms with Gasteiger partial charge in [-0.3, -0.25) is 0 Å². The Kier molecular flexibility index (Phi) is 2.69. The molecular weight excluding hydrogens is 260 g/mol. The van der Waals surface area contributed by atoms with E-state index in [2.05, 4.69) is 0 Å². The van der Waals surface area contributed by atoms with Gasteiger partial charge in [0, 0.05) is 0 Å². The Labute approximate surface area is 117 Å². The molecule has 108 valence electrons.